The van der Waals surface area contributed by atoms with Crippen molar-refractivity contribution >= 4 is 5.91 Å². The van der Waals surface area contributed by atoms with E-state index in [0.29, 0.717) is 12.3 Å². The van der Waals surface area contributed by atoms with Crippen LogP contribution in [0.4, 0.5) is 0 Å². The van der Waals surface area contributed by atoms with Crippen LogP contribution in [0, 0.1) is 5.92 Å². The normalized spacial score (nSPS) is 23.2. The third-order valence-corrected chi connectivity index (χ3v) is 3.45. The minimum atomic E-state index is -0.0440. The first-order valence-corrected chi connectivity index (χ1v) is 6.79. The zero-order valence-corrected chi connectivity index (χ0v) is 11.0. The van der Waals surface area contributed by atoms with E-state index in [1.54, 1.807) is 0 Å². The van der Waals surface area contributed by atoms with Crippen molar-refractivity contribution in [3.05, 3.63) is 0 Å². The molecule has 0 aromatic carbocycles. The molecule has 1 aliphatic rings. The smallest absolute Gasteiger partial charge is 0.237 e. The molecule has 2 atom stereocenters. The number of hydrogen-bond acceptors (Lipinski definition) is 3. The Morgan fingerprint density at radius 1 is 1.41 bits per heavy atom. The van der Waals surface area contributed by atoms with Gasteiger partial charge in [-0.05, 0) is 31.7 Å². The molecule has 0 aromatic heterocycles. The van der Waals surface area contributed by atoms with Crippen LogP contribution in [0.5, 0.6) is 0 Å². The second kappa shape index (κ2) is 7.67. The van der Waals surface area contributed by atoms with Gasteiger partial charge in [-0.15, -0.1) is 0 Å². The van der Waals surface area contributed by atoms with Crippen molar-refractivity contribution in [2.75, 3.05) is 13.2 Å². The highest BCUT2D eigenvalue weighted by Gasteiger charge is 2.23. The van der Waals surface area contributed by atoms with Gasteiger partial charge in [0.05, 0.1) is 6.04 Å². The number of nitrogens with one attached hydrogen (secondary N) is 2. The number of hydrogen-bond donors (Lipinski definition) is 3. The molecule has 3 N–H and O–H groups in total. The van der Waals surface area contributed by atoms with Gasteiger partial charge in [-0.2, -0.15) is 0 Å². The summed E-state index contributed by atoms with van der Waals surface area (Å²) in [5.41, 5.74) is 0. The Bertz CT molecular complexity index is 223. The van der Waals surface area contributed by atoms with Crippen LogP contribution in [0.2, 0.25) is 0 Å². The Morgan fingerprint density at radius 3 is 2.82 bits per heavy atom. The van der Waals surface area contributed by atoms with Crippen LogP contribution in [-0.2, 0) is 4.79 Å². The average Bonchev–Trinajstić information content (AvgIpc) is 2.56. The highest BCUT2D eigenvalue weighted by Crippen LogP contribution is 2.10. The van der Waals surface area contributed by atoms with E-state index in [1.807, 2.05) is 0 Å². The first kappa shape index (κ1) is 14.5. The molecule has 100 valence electrons. The Balaban J connectivity index is 2.44. The Morgan fingerprint density at radius 2 is 2.18 bits per heavy atom. The highest BCUT2D eigenvalue weighted by molar-refractivity contribution is 5.82. The molecule has 0 bridgehead atoms. The predicted octanol–water partition coefficient (Wildman–Crippen LogP) is 1.04. The van der Waals surface area contributed by atoms with E-state index >= 15 is 0 Å². The van der Waals surface area contributed by atoms with E-state index in [4.69, 9.17) is 5.11 Å². The quantitative estimate of drug-likeness (QED) is 0.675. The Kier molecular flexibility index (Phi) is 6.52. The fraction of sp³-hybridized carbons (Fsp3) is 0.923. The average molecular weight is 242 g/mol. The molecule has 4 heteroatoms. The molecule has 17 heavy (non-hydrogen) atoms. The summed E-state index contributed by atoms with van der Waals surface area (Å²) in [6.07, 6.45) is 5.05. The maximum atomic E-state index is 12.1. The summed E-state index contributed by atoms with van der Waals surface area (Å²) in [6, 6.07) is 0.0370. The van der Waals surface area contributed by atoms with Gasteiger partial charge in [0.2, 0.25) is 5.91 Å². The lowest BCUT2D eigenvalue weighted by molar-refractivity contribution is -0.124. The number of aliphatic hydroxyl groups excluding tert-OH is 1. The lowest BCUT2D eigenvalue weighted by atomic mass is 10.0. The molecule has 0 spiro atoms. The fourth-order valence-electron chi connectivity index (χ4n) is 2.25. The van der Waals surface area contributed by atoms with Crippen LogP contribution in [-0.4, -0.2) is 36.2 Å². The zero-order valence-electron chi connectivity index (χ0n) is 11.0. The summed E-state index contributed by atoms with van der Waals surface area (Å²) in [5.74, 6) is 0.455. The Labute approximate surface area is 104 Å². The predicted molar refractivity (Wildman–Crippen MR) is 68.7 cm³/mol. The van der Waals surface area contributed by atoms with Gasteiger partial charge < -0.3 is 15.7 Å². The van der Waals surface area contributed by atoms with Gasteiger partial charge in [0.15, 0.2) is 0 Å². The summed E-state index contributed by atoms with van der Waals surface area (Å²) >= 11 is 0. The maximum Gasteiger partial charge on any atom is 0.237 e. The van der Waals surface area contributed by atoms with Crippen molar-refractivity contribution in [3.8, 4) is 0 Å². The first-order valence-electron chi connectivity index (χ1n) is 6.79. The summed E-state index contributed by atoms with van der Waals surface area (Å²) in [7, 11) is 0. The van der Waals surface area contributed by atoms with Crippen molar-refractivity contribution in [2.45, 2.75) is 58.0 Å². The summed E-state index contributed by atoms with van der Waals surface area (Å²) in [5, 5.41) is 15.3. The molecule has 0 aromatic rings. The van der Waals surface area contributed by atoms with Crippen LogP contribution >= 0.6 is 0 Å². The van der Waals surface area contributed by atoms with Gasteiger partial charge in [0, 0.05) is 12.6 Å². The largest absolute Gasteiger partial charge is 0.396 e. The second-order valence-electron chi connectivity index (χ2n) is 5.23. The minimum absolute atomic E-state index is 0.0440. The van der Waals surface area contributed by atoms with E-state index in [1.165, 1.54) is 6.42 Å². The van der Waals surface area contributed by atoms with Crippen molar-refractivity contribution < 1.29 is 9.90 Å². The highest BCUT2D eigenvalue weighted by atomic mass is 16.3. The molecule has 0 radical (unpaired) electrons. The molecule has 1 amide bonds. The van der Waals surface area contributed by atoms with Crippen LogP contribution < -0.4 is 10.6 Å². The van der Waals surface area contributed by atoms with E-state index in [9.17, 15) is 4.79 Å². The number of carbonyl (C=O) groups is 1. The van der Waals surface area contributed by atoms with E-state index in [-0.39, 0.29) is 24.6 Å². The molecule has 1 fully saturated rings. The van der Waals surface area contributed by atoms with Crippen LogP contribution in [0.3, 0.4) is 0 Å². The Hall–Kier alpha value is -0.610. The zero-order chi connectivity index (χ0) is 12.7. The molecule has 2 unspecified atom stereocenters. The van der Waals surface area contributed by atoms with Crippen molar-refractivity contribution in [3.63, 3.8) is 0 Å². The molecule has 1 aliphatic heterocycles. The fourth-order valence-corrected chi connectivity index (χ4v) is 2.25. The number of carbonyl (C=O) groups excluding carboxylic acids is 1. The van der Waals surface area contributed by atoms with E-state index in [2.05, 4.69) is 24.5 Å². The van der Waals surface area contributed by atoms with Crippen LogP contribution in [0.1, 0.15) is 46.0 Å². The number of amides is 1. The molecular weight excluding hydrogens is 216 g/mol. The second-order valence-corrected chi connectivity index (χ2v) is 5.23. The maximum absolute atomic E-state index is 12.1. The van der Waals surface area contributed by atoms with Crippen LogP contribution in [0.25, 0.3) is 0 Å². The van der Waals surface area contributed by atoms with Crippen molar-refractivity contribution in [2.24, 2.45) is 5.92 Å². The molecule has 0 saturated carbocycles. The minimum Gasteiger partial charge on any atom is -0.396 e. The van der Waals surface area contributed by atoms with E-state index in [0.717, 1.165) is 25.8 Å². The van der Waals surface area contributed by atoms with Gasteiger partial charge in [0.1, 0.15) is 0 Å². The van der Waals surface area contributed by atoms with Crippen molar-refractivity contribution in [1.82, 2.24) is 10.6 Å². The molecule has 0 aliphatic carbocycles. The number of rotatable bonds is 5. The van der Waals surface area contributed by atoms with Gasteiger partial charge in [0.25, 0.3) is 0 Å². The third kappa shape index (κ3) is 5.04. The van der Waals surface area contributed by atoms with Crippen molar-refractivity contribution in [1.29, 1.82) is 0 Å². The molecule has 4 nitrogen and oxygen atoms in total. The standard InChI is InChI=1S/C13H26N2O2/c1-10(2)11(7-9-16)15-13(17)12-6-4-3-5-8-14-12/h10-12,14,16H,3-9H2,1-2H3,(H,15,17). The molecule has 1 rings (SSSR count). The van der Waals surface area contributed by atoms with Crippen LogP contribution in [0.15, 0.2) is 0 Å². The molecular formula is C13H26N2O2. The number of aliphatic hydroxyl groups is 1. The summed E-state index contributed by atoms with van der Waals surface area (Å²) < 4.78 is 0. The summed E-state index contributed by atoms with van der Waals surface area (Å²) in [6.45, 7) is 5.20. The van der Waals surface area contributed by atoms with Gasteiger partial charge >= 0.3 is 0 Å². The molecule has 1 saturated heterocycles. The van der Waals surface area contributed by atoms with Gasteiger partial charge in [-0.3, -0.25) is 4.79 Å². The van der Waals surface area contributed by atoms with Gasteiger partial charge in [-0.1, -0.05) is 26.7 Å². The lowest BCUT2D eigenvalue weighted by Crippen LogP contribution is -2.49. The first-order chi connectivity index (χ1) is 8.15. The monoisotopic (exact) mass is 242 g/mol. The summed E-state index contributed by atoms with van der Waals surface area (Å²) in [4.78, 5) is 12.1. The lowest BCUT2D eigenvalue weighted by Gasteiger charge is -2.24. The SMILES string of the molecule is CC(C)C(CCO)NC(=O)C1CCCCCN1. The topological polar surface area (TPSA) is 61.4 Å². The molecule has 1 heterocycles. The third-order valence-electron chi connectivity index (χ3n) is 3.45. The van der Waals surface area contributed by atoms with E-state index < -0.39 is 0 Å². The van der Waals surface area contributed by atoms with Gasteiger partial charge in [-0.25, -0.2) is 0 Å².